The second kappa shape index (κ2) is 7.49. The Morgan fingerprint density at radius 2 is 1.06 bits per heavy atom. The summed E-state index contributed by atoms with van der Waals surface area (Å²) >= 11 is 0. The molecule has 8 heteroatoms. The molecule has 0 spiro atoms. The van der Waals surface area contributed by atoms with Crippen LogP contribution < -0.4 is 11.5 Å². The van der Waals surface area contributed by atoms with E-state index < -0.39 is 23.9 Å². The lowest BCUT2D eigenvalue weighted by Crippen LogP contribution is -2.27. The van der Waals surface area contributed by atoms with Gasteiger partial charge in [-0.1, -0.05) is 0 Å². The van der Waals surface area contributed by atoms with Crippen LogP contribution in [-0.2, 0) is 28.7 Å². The largest absolute Gasteiger partial charge is 0.425 e. The molecule has 0 saturated carbocycles. The van der Waals surface area contributed by atoms with Crippen molar-refractivity contribution in [2.45, 2.75) is 12.8 Å². The quantitative estimate of drug-likeness (QED) is 0.317. The number of hydrogen-bond donors (Lipinski definition) is 2. The number of ether oxygens (including phenoxy) is 2. The monoisotopic (exact) mass is 232 g/mol. The van der Waals surface area contributed by atoms with Crippen LogP contribution in [0.25, 0.3) is 0 Å². The summed E-state index contributed by atoms with van der Waals surface area (Å²) in [5, 5.41) is 0. The van der Waals surface area contributed by atoms with Gasteiger partial charge in [-0.05, 0) is 0 Å². The zero-order valence-electron chi connectivity index (χ0n) is 8.43. The Hall–Kier alpha value is -1.80. The summed E-state index contributed by atoms with van der Waals surface area (Å²) in [5.41, 5.74) is 10.0. The number of carbonyl (C=O) groups excluding carboxylic acids is 4. The van der Waals surface area contributed by atoms with Gasteiger partial charge in [0.2, 0.25) is 0 Å². The lowest BCUT2D eigenvalue weighted by atomic mass is 10.4. The van der Waals surface area contributed by atoms with E-state index in [0.29, 0.717) is 0 Å². The van der Waals surface area contributed by atoms with Crippen molar-refractivity contribution in [1.82, 2.24) is 0 Å². The maximum Gasteiger partial charge on any atom is 0.425 e. The SMILES string of the molecule is NCCC(=O)OC(=O)C(=O)OC(=O)CCN. The van der Waals surface area contributed by atoms with Gasteiger partial charge in [0, 0.05) is 13.1 Å². The topological polar surface area (TPSA) is 139 Å². The molecule has 8 nitrogen and oxygen atoms in total. The minimum atomic E-state index is -1.55. The van der Waals surface area contributed by atoms with Gasteiger partial charge in [0.25, 0.3) is 0 Å². The fourth-order valence-electron chi connectivity index (χ4n) is 0.628. The molecule has 0 fully saturated rings. The highest BCUT2D eigenvalue weighted by Crippen LogP contribution is 1.91. The van der Waals surface area contributed by atoms with Crippen LogP contribution >= 0.6 is 0 Å². The summed E-state index contributed by atoms with van der Waals surface area (Å²) < 4.78 is 8.03. The Morgan fingerprint density at radius 3 is 1.31 bits per heavy atom. The molecule has 16 heavy (non-hydrogen) atoms. The van der Waals surface area contributed by atoms with Crippen molar-refractivity contribution in [2.24, 2.45) is 11.5 Å². The zero-order valence-corrected chi connectivity index (χ0v) is 8.43. The van der Waals surface area contributed by atoms with Crippen molar-refractivity contribution >= 4 is 23.9 Å². The van der Waals surface area contributed by atoms with Gasteiger partial charge in [-0.3, -0.25) is 9.59 Å². The molecule has 0 aromatic rings. The highest BCUT2D eigenvalue weighted by Gasteiger charge is 2.23. The van der Waals surface area contributed by atoms with E-state index in [4.69, 9.17) is 11.5 Å². The molecule has 0 aliphatic carbocycles. The summed E-state index contributed by atoms with van der Waals surface area (Å²) in [6, 6.07) is 0. The summed E-state index contributed by atoms with van der Waals surface area (Å²) in [7, 11) is 0. The van der Waals surface area contributed by atoms with Crippen LogP contribution in [0.3, 0.4) is 0 Å². The number of carbonyl (C=O) groups is 4. The molecule has 90 valence electrons. The zero-order chi connectivity index (χ0) is 12.6. The van der Waals surface area contributed by atoms with E-state index in [1.807, 2.05) is 0 Å². The molecule has 0 rings (SSSR count). The Kier molecular flexibility index (Phi) is 6.64. The normalized spacial score (nSPS) is 9.38. The molecule has 0 aliphatic heterocycles. The average molecular weight is 232 g/mol. The third kappa shape index (κ3) is 5.83. The highest BCUT2D eigenvalue weighted by atomic mass is 16.6. The van der Waals surface area contributed by atoms with Crippen molar-refractivity contribution in [2.75, 3.05) is 13.1 Å². The molecule has 0 aliphatic rings. The van der Waals surface area contributed by atoms with E-state index in [1.54, 1.807) is 0 Å². The van der Waals surface area contributed by atoms with Gasteiger partial charge < -0.3 is 20.9 Å². The maximum atomic E-state index is 10.8. The molecule has 0 atom stereocenters. The maximum absolute atomic E-state index is 10.8. The van der Waals surface area contributed by atoms with Crippen LogP contribution in [0.4, 0.5) is 0 Å². The van der Waals surface area contributed by atoms with E-state index in [-0.39, 0.29) is 25.9 Å². The smallest absolute Gasteiger partial charge is 0.384 e. The molecule has 0 bridgehead atoms. The Bertz CT molecular complexity index is 271. The summed E-state index contributed by atoms with van der Waals surface area (Å²) in [6.07, 6.45) is -0.425. The first-order valence-electron chi connectivity index (χ1n) is 4.41. The predicted molar refractivity (Wildman–Crippen MR) is 49.5 cm³/mol. The van der Waals surface area contributed by atoms with E-state index in [0.717, 1.165) is 0 Å². The van der Waals surface area contributed by atoms with Crippen molar-refractivity contribution < 1.29 is 28.7 Å². The average Bonchev–Trinajstić information content (AvgIpc) is 2.17. The van der Waals surface area contributed by atoms with Gasteiger partial charge in [-0.25, -0.2) is 9.59 Å². The molecular formula is C8H12N2O6. The minimum absolute atomic E-state index is 0.0206. The molecule has 0 aromatic carbocycles. The first kappa shape index (κ1) is 14.2. The number of hydrogen-bond acceptors (Lipinski definition) is 8. The van der Waals surface area contributed by atoms with Crippen LogP contribution in [0.1, 0.15) is 12.8 Å². The van der Waals surface area contributed by atoms with Crippen LogP contribution in [0.15, 0.2) is 0 Å². The molecule has 0 amide bonds. The van der Waals surface area contributed by atoms with Gasteiger partial charge in [0.15, 0.2) is 0 Å². The third-order valence-electron chi connectivity index (χ3n) is 1.28. The molecule has 0 unspecified atom stereocenters. The first-order valence-corrected chi connectivity index (χ1v) is 4.41. The Labute approximate surface area is 90.8 Å². The Balaban J connectivity index is 4.04. The predicted octanol–water partition coefficient (Wildman–Crippen LogP) is -2.18. The summed E-state index contributed by atoms with van der Waals surface area (Å²) in [6.45, 7) is -0.0411. The van der Waals surface area contributed by atoms with Crippen molar-refractivity contribution in [1.29, 1.82) is 0 Å². The third-order valence-corrected chi connectivity index (χ3v) is 1.28. The van der Waals surface area contributed by atoms with Crippen molar-refractivity contribution in [3.63, 3.8) is 0 Å². The summed E-state index contributed by atoms with van der Waals surface area (Å²) in [5.74, 6) is -5.03. The highest BCUT2D eigenvalue weighted by molar-refractivity contribution is 6.33. The van der Waals surface area contributed by atoms with E-state index in [1.165, 1.54) is 0 Å². The second-order valence-electron chi connectivity index (χ2n) is 2.60. The number of nitrogens with two attached hydrogens (primary N) is 2. The fourth-order valence-corrected chi connectivity index (χ4v) is 0.628. The van der Waals surface area contributed by atoms with Gasteiger partial charge in [0.1, 0.15) is 0 Å². The second-order valence-corrected chi connectivity index (χ2v) is 2.60. The Morgan fingerprint density at radius 1 is 0.750 bits per heavy atom. The molecule has 0 aromatic heterocycles. The number of rotatable bonds is 4. The van der Waals surface area contributed by atoms with Crippen LogP contribution in [0.2, 0.25) is 0 Å². The van der Waals surface area contributed by atoms with Crippen molar-refractivity contribution in [3.05, 3.63) is 0 Å². The van der Waals surface area contributed by atoms with Crippen LogP contribution in [0.5, 0.6) is 0 Å². The van der Waals surface area contributed by atoms with E-state index >= 15 is 0 Å². The summed E-state index contributed by atoms with van der Waals surface area (Å²) in [4.78, 5) is 43.1. The molecule has 4 N–H and O–H groups in total. The van der Waals surface area contributed by atoms with Crippen LogP contribution in [0, 0.1) is 0 Å². The van der Waals surface area contributed by atoms with Crippen LogP contribution in [-0.4, -0.2) is 37.0 Å². The fraction of sp³-hybridized carbons (Fsp3) is 0.500. The molecular weight excluding hydrogens is 220 g/mol. The van der Waals surface area contributed by atoms with Gasteiger partial charge in [0.05, 0.1) is 12.8 Å². The lowest BCUT2D eigenvalue weighted by molar-refractivity contribution is -0.177. The standard InChI is InChI=1S/C8H12N2O6/c9-3-1-5(11)15-7(13)8(14)16-6(12)2-4-10/h1-4,9-10H2. The van der Waals surface area contributed by atoms with E-state index in [9.17, 15) is 19.2 Å². The number of esters is 4. The van der Waals surface area contributed by atoms with Gasteiger partial charge >= 0.3 is 23.9 Å². The lowest BCUT2D eigenvalue weighted by Gasteiger charge is -2.01. The molecule has 0 heterocycles. The molecule has 0 saturated heterocycles. The van der Waals surface area contributed by atoms with Crippen molar-refractivity contribution in [3.8, 4) is 0 Å². The van der Waals surface area contributed by atoms with Gasteiger partial charge in [-0.15, -0.1) is 0 Å². The van der Waals surface area contributed by atoms with Gasteiger partial charge in [-0.2, -0.15) is 0 Å². The van der Waals surface area contributed by atoms with E-state index in [2.05, 4.69) is 9.47 Å². The minimum Gasteiger partial charge on any atom is -0.384 e. The first-order chi connectivity index (χ1) is 7.51. The molecule has 0 radical (unpaired) electrons.